The largest absolute Gasteiger partial charge is 0.343 e. The molecule has 0 unspecified atom stereocenters. The first kappa shape index (κ1) is 8.90. The molecule has 1 aliphatic rings. The molecule has 0 atom stereocenters. The molecule has 0 aromatic carbocycles. The first-order valence-electron chi connectivity index (χ1n) is 4.54. The Bertz CT molecular complexity index is 266. The van der Waals surface area contributed by atoms with Crippen LogP contribution in [-0.2, 0) is 0 Å². The molecule has 13 heavy (non-hydrogen) atoms. The van der Waals surface area contributed by atoms with Gasteiger partial charge in [0.2, 0.25) is 5.13 Å². The third-order valence-corrected chi connectivity index (χ3v) is 3.11. The van der Waals surface area contributed by atoms with E-state index < -0.39 is 0 Å². The highest BCUT2D eigenvalue weighted by atomic mass is 32.1. The smallest absolute Gasteiger partial charge is 0.205 e. The molecule has 5 heteroatoms. The molecule has 2 N–H and O–H groups in total. The highest BCUT2D eigenvalue weighted by Gasteiger charge is 2.39. The van der Waals surface area contributed by atoms with Crippen LogP contribution < -0.4 is 10.6 Å². The Morgan fingerprint density at radius 2 is 2.46 bits per heavy atom. The minimum absolute atomic E-state index is 0.0282. The lowest BCUT2D eigenvalue weighted by atomic mass is 9.87. The minimum atomic E-state index is 0.0282. The van der Waals surface area contributed by atoms with Gasteiger partial charge >= 0.3 is 0 Å². The molecule has 4 nitrogen and oxygen atoms in total. The fourth-order valence-electron chi connectivity index (χ4n) is 1.81. The lowest BCUT2D eigenvalue weighted by Gasteiger charge is -2.47. The number of nitrogens with zero attached hydrogens (tertiary/aromatic N) is 3. The molecule has 72 valence electrons. The fourth-order valence-corrected chi connectivity index (χ4v) is 2.34. The van der Waals surface area contributed by atoms with E-state index in [2.05, 4.69) is 21.2 Å². The van der Waals surface area contributed by atoms with Crippen LogP contribution in [0.1, 0.15) is 19.8 Å². The van der Waals surface area contributed by atoms with Crippen molar-refractivity contribution in [3.05, 3.63) is 6.33 Å². The van der Waals surface area contributed by atoms with Crippen LogP contribution in [-0.4, -0.2) is 28.0 Å². The Balaban J connectivity index is 1.91. The summed E-state index contributed by atoms with van der Waals surface area (Å²) < 4.78 is 3.97. The van der Waals surface area contributed by atoms with Gasteiger partial charge in [0.05, 0.1) is 5.54 Å². The maximum absolute atomic E-state index is 6.12. The molecular weight excluding hydrogens is 184 g/mol. The number of rotatable bonds is 3. The molecular formula is C8H14N4S. The summed E-state index contributed by atoms with van der Waals surface area (Å²) in [4.78, 5) is 6.33. The Morgan fingerprint density at radius 1 is 1.69 bits per heavy atom. The quantitative estimate of drug-likeness (QED) is 0.782. The summed E-state index contributed by atoms with van der Waals surface area (Å²) in [5.74, 6) is 0. The zero-order valence-electron chi connectivity index (χ0n) is 7.73. The summed E-state index contributed by atoms with van der Waals surface area (Å²) in [6, 6.07) is 0. The van der Waals surface area contributed by atoms with Crippen molar-refractivity contribution in [2.24, 2.45) is 5.73 Å². The monoisotopic (exact) mass is 198 g/mol. The summed E-state index contributed by atoms with van der Waals surface area (Å²) >= 11 is 1.43. The van der Waals surface area contributed by atoms with Crippen LogP contribution in [0, 0.1) is 0 Å². The summed E-state index contributed by atoms with van der Waals surface area (Å²) in [6.07, 6.45) is 3.85. The second-order valence-corrected chi connectivity index (χ2v) is 4.45. The van der Waals surface area contributed by atoms with Crippen LogP contribution in [0.3, 0.4) is 0 Å². The van der Waals surface area contributed by atoms with Crippen molar-refractivity contribution in [3.63, 3.8) is 0 Å². The Kier molecular flexibility index (Phi) is 2.21. The van der Waals surface area contributed by atoms with Crippen LogP contribution in [0.5, 0.6) is 0 Å². The summed E-state index contributed by atoms with van der Waals surface area (Å²) in [6.45, 7) is 4.02. The maximum Gasteiger partial charge on any atom is 0.205 e. The van der Waals surface area contributed by atoms with E-state index in [1.54, 1.807) is 6.33 Å². The van der Waals surface area contributed by atoms with Crippen molar-refractivity contribution >= 4 is 16.7 Å². The fraction of sp³-hybridized carbons (Fsp3) is 0.750. The van der Waals surface area contributed by atoms with Gasteiger partial charge in [0.25, 0.3) is 0 Å². The number of anilines is 1. The average molecular weight is 198 g/mol. The highest BCUT2D eigenvalue weighted by molar-refractivity contribution is 7.09. The van der Waals surface area contributed by atoms with E-state index in [4.69, 9.17) is 5.73 Å². The average Bonchev–Trinajstić information content (AvgIpc) is 2.52. The Morgan fingerprint density at radius 3 is 3.00 bits per heavy atom. The van der Waals surface area contributed by atoms with E-state index in [1.165, 1.54) is 11.5 Å². The lowest BCUT2D eigenvalue weighted by Crippen LogP contribution is -2.67. The first-order valence-corrected chi connectivity index (χ1v) is 5.31. The second kappa shape index (κ2) is 3.23. The van der Waals surface area contributed by atoms with Crippen LogP contribution in [0.25, 0.3) is 0 Å². The van der Waals surface area contributed by atoms with Gasteiger partial charge in [-0.2, -0.15) is 4.37 Å². The van der Waals surface area contributed by atoms with Gasteiger partial charge in [-0.15, -0.1) is 0 Å². The molecule has 0 saturated carbocycles. The van der Waals surface area contributed by atoms with Gasteiger partial charge in [0, 0.05) is 24.6 Å². The van der Waals surface area contributed by atoms with Gasteiger partial charge in [-0.25, -0.2) is 4.98 Å². The van der Waals surface area contributed by atoms with Crippen LogP contribution in [0.4, 0.5) is 5.13 Å². The molecule has 0 spiro atoms. The minimum Gasteiger partial charge on any atom is -0.343 e. The molecule has 1 fully saturated rings. The van der Waals surface area contributed by atoms with Gasteiger partial charge in [-0.1, -0.05) is 13.3 Å². The lowest BCUT2D eigenvalue weighted by molar-refractivity contribution is 0.307. The molecule has 0 aliphatic carbocycles. The van der Waals surface area contributed by atoms with Crippen LogP contribution >= 0.6 is 11.5 Å². The zero-order valence-corrected chi connectivity index (χ0v) is 8.55. The first-order chi connectivity index (χ1) is 6.23. The topological polar surface area (TPSA) is 55.0 Å². The van der Waals surface area contributed by atoms with Crippen molar-refractivity contribution in [2.75, 3.05) is 18.0 Å². The van der Waals surface area contributed by atoms with E-state index in [0.717, 1.165) is 31.1 Å². The van der Waals surface area contributed by atoms with Gasteiger partial charge in [0.15, 0.2) is 0 Å². The van der Waals surface area contributed by atoms with E-state index in [9.17, 15) is 0 Å². The predicted octanol–water partition coefficient (Wildman–Crippen LogP) is 0.856. The van der Waals surface area contributed by atoms with E-state index in [0.29, 0.717) is 0 Å². The third kappa shape index (κ3) is 1.66. The van der Waals surface area contributed by atoms with Crippen molar-refractivity contribution < 1.29 is 0 Å². The van der Waals surface area contributed by atoms with Crippen LogP contribution in [0.15, 0.2) is 6.33 Å². The molecule has 0 radical (unpaired) electrons. The van der Waals surface area contributed by atoms with Gasteiger partial charge in [-0.3, -0.25) is 0 Å². The zero-order chi connectivity index (χ0) is 9.31. The van der Waals surface area contributed by atoms with E-state index in [1.807, 2.05) is 0 Å². The second-order valence-electron chi connectivity index (χ2n) is 3.69. The Hall–Kier alpha value is -0.680. The number of nitrogens with two attached hydrogens (primary N) is 1. The van der Waals surface area contributed by atoms with E-state index in [-0.39, 0.29) is 5.54 Å². The number of hydrogen-bond acceptors (Lipinski definition) is 5. The summed E-state index contributed by atoms with van der Waals surface area (Å²) in [7, 11) is 0. The van der Waals surface area contributed by atoms with Crippen molar-refractivity contribution in [3.8, 4) is 0 Å². The molecule has 2 heterocycles. The SMILES string of the molecule is CCCC1(N)CN(c2ncns2)C1. The van der Waals surface area contributed by atoms with Crippen LogP contribution in [0.2, 0.25) is 0 Å². The van der Waals surface area contributed by atoms with Crippen molar-refractivity contribution in [1.82, 2.24) is 9.36 Å². The molecule has 1 aromatic heterocycles. The summed E-state index contributed by atoms with van der Waals surface area (Å²) in [5.41, 5.74) is 6.15. The Labute approximate surface area is 81.9 Å². The number of hydrogen-bond donors (Lipinski definition) is 1. The summed E-state index contributed by atoms with van der Waals surface area (Å²) in [5, 5.41) is 0.997. The van der Waals surface area contributed by atoms with Gasteiger partial charge < -0.3 is 10.6 Å². The third-order valence-electron chi connectivity index (χ3n) is 2.38. The molecule has 1 aromatic rings. The number of aromatic nitrogens is 2. The van der Waals surface area contributed by atoms with Crippen molar-refractivity contribution in [1.29, 1.82) is 0 Å². The molecule has 0 amide bonds. The predicted molar refractivity (Wildman–Crippen MR) is 53.9 cm³/mol. The molecule has 0 bridgehead atoms. The standard InChI is InChI=1S/C8H14N4S/c1-2-3-8(9)4-12(5-8)7-10-6-11-13-7/h6H,2-5,9H2,1H3. The normalized spacial score (nSPS) is 20.0. The van der Waals surface area contributed by atoms with E-state index >= 15 is 0 Å². The molecule has 2 rings (SSSR count). The maximum atomic E-state index is 6.12. The highest BCUT2D eigenvalue weighted by Crippen LogP contribution is 2.29. The van der Waals surface area contributed by atoms with Gasteiger partial charge in [0.1, 0.15) is 6.33 Å². The molecule has 1 aliphatic heterocycles. The van der Waals surface area contributed by atoms with Crippen molar-refractivity contribution in [2.45, 2.75) is 25.3 Å². The van der Waals surface area contributed by atoms with Gasteiger partial charge in [-0.05, 0) is 6.42 Å². The molecule has 1 saturated heterocycles.